The highest BCUT2D eigenvalue weighted by molar-refractivity contribution is 8.13. The normalized spacial score (nSPS) is 11.7. The maximum Gasteiger partial charge on any atom is 0.341 e. The third-order valence-corrected chi connectivity index (χ3v) is 3.32. The van der Waals surface area contributed by atoms with Crippen LogP contribution >= 0.6 is 10.7 Å². The average molecular weight is 305 g/mol. The third-order valence-electron chi connectivity index (χ3n) is 2.30. The van der Waals surface area contributed by atoms with Crippen LogP contribution in [0.5, 0.6) is 0 Å². The summed E-state index contributed by atoms with van der Waals surface area (Å²) < 4.78 is 28.3. The molecule has 0 amide bonds. The van der Waals surface area contributed by atoms with E-state index in [1.54, 1.807) is 13.8 Å². The first kappa shape index (κ1) is 13.7. The summed E-state index contributed by atoms with van der Waals surface area (Å²) in [6, 6.07) is 0. The molecule has 0 radical (unpaired) electrons. The van der Waals surface area contributed by atoms with Gasteiger partial charge in [0.05, 0.1) is 17.9 Å². The van der Waals surface area contributed by atoms with Crippen LogP contribution in [0.2, 0.25) is 0 Å². The number of hydrogen-bond acceptors (Lipinski definition) is 7. The zero-order valence-electron chi connectivity index (χ0n) is 9.99. The molecule has 0 fully saturated rings. The molecule has 0 aromatic carbocycles. The molecule has 0 saturated heterocycles. The number of ether oxygens (including phenoxy) is 1. The minimum atomic E-state index is -4.05. The molecule has 0 aliphatic heterocycles. The van der Waals surface area contributed by atoms with E-state index in [2.05, 4.69) is 15.1 Å². The van der Waals surface area contributed by atoms with Crippen molar-refractivity contribution in [2.75, 3.05) is 6.61 Å². The Bertz CT molecular complexity index is 755. The Morgan fingerprint density at radius 1 is 1.53 bits per heavy atom. The Morgan fingerprint density at radius 3 is 2.79 bits per heavy atom. The van der Waals surface area contributed by atoms with E-state index in [9.17, 15) is 13.2 Å². The number of hydrogen-bond donors (Lipinski definition) is 0. The van der Waals surface area contributed by atoms with Gasteiger partial charge in [-0.25, -0.2) is 18.2 Å². The minimum absolute atomic E-state index is 0.0322. The highest BCUT2D eigenvalue weighted by Gasteiger charge is 2.21. The van der Waals surface area contributed by atoms with Crippen molar-refractivity contribution in [3.8, 4) is 0 Å². The summed E-state index contributed by atoms with van der Waals surface area (Å²) in [4.78, 5) is 19.1. The second-order valence-corrected chi connectivity index (χ2v) is 5.98. The van der Waals surface area contributed by atoms with Gasteiger partial charge >= 0.3 is 5.97 Å². The highest BCUT2D eigenvalue weighted by Crippen LogP contribution is 2.14. The number of halogens is 1. The fourth-order valence-corrected chi connectivity index (χ4v) is 2.00. The topological polar surface area (TPSA) is 104 Å². The molecule has 0 aliphatic carbocycles. The van der Waals surface area contributed by atoms with Crippen LogP contribution in [0.4, 0.5) is 0 Å². The summed E-state index contributed by atoms with van der Waals surface area (Å²) in [7, 11) is 1.10. The van der Waals surface area contributed by atoms with Crippen molar-refractivity contribution in [3.05, 3.63) is 17.5 Å². The molecule has 2 aromatic heterocycles. The Hall–Kier alpha value is -1.74. The summed E-state index contributed by atoms with van der Waals surface area (Å²) in [5.74, 6) is -0.537. The van der Waals surface area contributed by atoms with Crippen molar-refractivity contribution in [3.63, 3.8) is 0 Å². The largest absolute Gasteiger partial charge is 0.462 e. The van der Waals surface area contributed by atoms with Crippen LogP contribution in [0, 0.1) is 6.92 Å². The lowest BCUT2D eigenvalue weighted by atomic mass is 10.2. The van der Waals surface area contributed by atoms with E-state index in [-0.39, 0.29) is 17.9 Å². The first-order valence-electron chi connectivity index (χ1n) is 5.18. The molecule has 19 heavy (non-hydrogen) atoms. The van der Waals surface area contributed by atoms with Crippen LogP contribution in [0.3, 0.4) is 0 Å². The van der Waals surface area contributed by atoms with Crippen molar-refractivity contribution in [1.82, 2.24) is 19.6 Å². The van der Waals surface area contributed by atoms with E-state index in [0.29, 0.717) is 5.69 Å². The van der Waals surface area contributed by atoms with Crippen LogP contribution in [0.15, 0.2) is 11.4 Å². The predicted octanol–water partition coefficient (Wildman–Crippen LogP) is 0.537. The summed E-state index contributed by atoms with van der Waals surface area (Å²) in [6.45, 7) is 3.46. The smallest absolute Gasteiger partial charge is 0.341 e. The van der Waals surface area contributed by atoms with Gasteiger partial charge in [-0.3, -0.25) is 0 Å². The second kappa shape index (κ2) is 4.74. The van der Waals surface area contributed by atoms with Crippen molar-refractivity contribution >= 4 is 31.5 Å². The summed E-state index contributed by atoms with van der Waals surface area (Å²) in [5.41, 5.74) is 0.542. The molecule has 2 aromatic rings. The quantitative estimate of drug-likeness (QED) is 0.602. The maximum atomic E-state index is 11.6. The molecule has 10 heteroatoms. The van der Waals surface area contributed by atoms with Crippen LogP contribution in [0.25, 0.3) is 5.78 Å². The highest BCUT2D eigenvalue weighted by atomic mass is 35.7. The van der Waals surface area contributed by atoms with Gasteiger partial charge < -0.3 is 4.74 Å². The van der Waals surface area contributed by atoms with Crippen LogP contribution in [0.1, 0.15) is 23.0 Å². The fraction of sp³-hybridized carbons (Fsp3) is 0.333. The molecule has 0 saturated carbocycles. The van der Waals surface area contributed by atoms with Gasteiger partial charge in [-0.05, 0) is 13.8 Å². The number of fused-ring (bicyclic) bond motifs is 1. The Labute approximate surface area is 112 Å². The van der Waals surface area contributed by atoms with E-state index < -0.39 is 20.2 Å². The standard InChI is InChI=1S/C9H9ClN4O4S/c1-3-18-7(15)6-4-11-8-12-9(19(10,16)17)13-14(8)5(6)2/h4H,3H2,1-2H3. The molecule has 0 unspecified atom stereocenters. The van der Waals surface area contributed by atoms with Gasteiger partial charge in [0.15, 0.2) is 0 Å². The lowest BCUT2D eigenvalue weighted by Gasteiger charge is -2.05. The summed E-state index contributed by atoms with van der Waals surface area (Å²) >= 11 is 0. The van der Waals surface area contributed by atoms with Crippen LogP contribution < -0.4 is 0 Å². The number of carbonyl (C=O) groups excluding carboxylic acids is 1. The third kappa shape index (κ3) is 2.51. The molecular formula is C9H9ClN4O4S. The predicted molar refractivity (Wildman–Crippen MR) is 64.5 cm³/mol. The van der Waals surface area contributed by atoms with Crippen molar-refractivity contribution in [2.24, 2.45) is 0 Å². The van der Waals surface area contributed by atoms with Crippen LogP contribution in [-0.4, -0.2) is 40.6 Å². The van der Waals surface area contributed by atoms with E-state index in [4.69, 9.17) is 15.4 Å². The molecule has 0 bridgehead atoms. The lowest BCUT2D eigenvalue weighted by Crippen LogP contribution is -2.11. The van der Waals surface area contributed by atoms with Gasteiger partial charge in [-0.15, -0.1) is 5.10 Å². The maximum absolute atomic E-state index is 11.6. The van der Waals surface area contributed by atoms with E-state index >= 15 is 0 Å². The molecule has 0 spiro atoms. The lowest BCUT2D eigenvalue weighted by molar-refractivity contribution is 0.0524. The number of aryl methyl sites for hydroxylation is 1. The second-order valence-electron chi connectivity index (χ2n) is 3.52. The first-order chi connectivity index (χ1) is 8.84. The fourth-order valence-electron chi connectivity index (χ4n) is 1.44. The van der Waals surface area contributed by atoms with Gasteiger partial charge in [-0.2, -0.15) is 9.50 Å². The van der Waals surface area contributed by atoms with Crippen LogP contribution in [-0.2, 0) is 13.8 Å². The minimum Gasteiger partial charge on any atom is -0.462 e. The molecule has 2 heterocycles. The molecule has 102 valence electrons. The number of nitrogens with zero attached hydrogens (tertiary/aromatic N) is 4. The van der Waals surface area contributed by atoms with Gasteiger partial charge in [-0.1, -0.05) is 0 Å². The zero-order valence-corrected chi connectivity index (χ0v) is 11.6. The molecule has 0 atom stereocenters. The number of rotatable bonds is 3. The molecule has 0 N–H and O–H groups in total. The first-order valence-corrected chi connectivity index (χ1v) is 7.49. The molecular weight excluding hydrogens is 296 g/mol. The Morgan fingerprint density at radius 2 is 2.21 bits per heavy atom. The molecule has 8 nitrogen and oxygen atoms in total. The van der Waals surface area contributed by atoms with E-state index in [1.165, 1.54) is 6.20 Å². The van der Waals surface area contributed by atoms with Gasteiger partial charge in [0, 0.05) is 16.9 Å². The van der Waals surface area contributed by atoms with Gasteiger partial charge in [0.2, 0.25) is 0 Å². The number of esters is 1. The SMILES string of the molecule is CCOC(=O)c1cnc2nc(S(=O)(=O)Cl)nn2c1C. The van der Waals surface area contributed by atoms with E-state index in [0.717, 1.165) is 4.52 Å². The van der Waals surface area contributed by atoms with Gasteiger partial charge in [0.25, 0.3) is 20.0 Å². The number of carbonyl (C=O) groups is 1. The monoisotopic (exact) mass is 304 g/mol. The number of aromatic nitrogens is 4. The molecule has 2 rings (SSSR count). The van der Waals surface area contributed by atoms with Gasteiger partial charge in [0.1, 0.15) is 0 Å². The Kier molecular flexibility index (Phi) is 3.42. The van der Waals surface area contributed by atoms with Crippen molar-refractivity contribution in [1.29, 1.82) is 0 Å². The zero-order chi connectivity index (χ0) is 14.2. The van der Waals surface area contributed by atoms with E-state index in [1.807, 2.05) is 0 Å². The summed E-state index contributed by atoms with van der Waals surface area (Å²) in [6.07, 6.45) is 1.25. The molecule has 0 aliphatic rings. The average Bonchev–Trinajstić information content (AvgIpc) is 2.74. The Balaban J connectivity index is 2.62. The summed E-state index contributed by atoms with van der Waals surface area (Å²) in [5, 5.41) is 3.14. The van der Waals surface area contributed by atoms with Crippen molar-refractivity contribution < 1.29 is 17.9 Å². The van der Waals surface area contributed by atoms with Crippen molar-refractivity contribution in [2.45, 2.75) is 19.0 Å².